The Hall–Kier alpha value is -3.25. The Labute approximate surface area is 192 Å². The number of hydrogen-bond donors (Lipinski definition) is 1. The third-order valence-corrected chi connectivity index (χ3v) is 6.96. The van der Waals surface area contributed by atoms with E-state index < -0.39 is 0 Å². The van der Waals surface area contributed by atoms with Gasteiger partial charge >= 0.3 is 0 Å². The smallest absolute Gasteiger partial charge is 0.158 e. The first-order valence-electron chi connectivity index (χ1n) is 11.2. The van der Waals surface area contributed by atoms with Gasteiger partial charge in [-0.3, -0.25) is 5.43 Å². The van der Waals surface area contributed by atoms with Crippen molar-refractivity contribution in [1.29, 1.82) is 0 Å². The van der Waals surface area contributed by atoms with Gasteiger partial charge < -0.3 is 4.74 Å². The van der Waals surface area contributed by atoms with Crippen molar-refractivity contribution < 1.29 is 4.74 Å². The van der Waals surface area contributed by atoms with Gasteiger partial charge in [0.2, 0.25) is 0 Å². The van der Waals surface area contributed by atoms with Crippen LogP contribution in [-0.4, -0.2) is 22.3 Å². The second-order valence-electron chi connectivity index (χ2n) is 7.90. The average Bonchev–Trinajstić information content (AvgIpc) is 3.22. The van der Waals surface area contributed by atoms with Gasteiger partial charge in [0.25, 0.3) is 0 Å². The second-order valence-corrected chi connectivity index (χ2v) is 8.99. The summed E-state index contributed by atoms with van der Waals surface area (Å²) in [6.07, 6.45) is 7.07. The molecule has 5 rings (SSSR count). The number of thiophene rings is 1. The minimum atomic E-state index is 0.653. The average molecular weight is 443 g/mol. The van der Waals surface area contributed by atoms with E-state index in [2.05, 4.69) is 51.8 Å². The molecule has 0 bridgehead atoms. The van der Waals surface area contributed by atoms with Crippen LogP contribution in [0.1, 0.15) is 41.3 Å². The van der Waals surface area contributed by atoms with Crippen LogP contribution in [0.15, 0.2) is 66.0 Å². The molecular weight excluding hydrogens is 416 g/mol. The number of aryl methyl sites for hydroxylation is 2. The molecule has 32 heavy (non-hydrogen) atoms. The Morgan fingerprint density at radius 3 is 2.66 bits per heavy atom. The molecule has 1 aliphatic carbocycles. The Balaban J connectivity index is 1.50. The number of ether oxygens (including phenoxy) is 1. The maximum Gasteiger partial charge on any atom is 0.158 e. The molecule has 0 spiro atoms. The molecule has 2 heterocycles. The van der Waals surface area contributed by atoms with E-state index in [-0.39, 0.29) is 0 Å². The van der Waals surface area contributed by atoms with Gasteiger partial charge in [-0.15, -0.1) is 11.3 Å². The van der Waals surface area contributed by atoms with Crippen molar-refractivity contribution in [3.8, 4) is 5.75 Å². The molecule has 162 valence electrons. The number of hydrogen-bond acceptors (Lipinski definition) is 6. The SMILES string of the molecule is CCOc1ccc(/C(Cc2ccccc2)=N\Nc2ncnc3sc4c(c23)CCCC4)cc1. The number of hydrazone groups is 1. The molecule has 0 amide bonds. The standard InChI is InChI=1S/C26H26N4OS/c1-2-31-20-14-12-19(13-15-20)22(16-18-8-4-3-5-9-18)29-30-25-24-21-10-6-7-11-23(21)32-26(24)28-17-27-25/h3-5,8-9,12-15,17H,2,6-7,10-11,16H2,1H3,(H,27,28,30)/b29-22-. The lowest BCUT2D eigenvalue weighted by Crippen LogP contribution is -2.09. The van der Waals surface area contributed by atoms with Crippen molar-refractivity contribution in [3.63, 3.8) is 0 Å². The summed E-state index contributed by atoms with van der Waals surface area (Å²) in [5, 5.41) is 5.99. The van der Waals surface area contributed by atoms with Crippen LogP contribution in [0.3, 0.4) is 0 Å². The highest BCUT2D eigenvalue weighted by Gasteiger charge is 2.20. The molecule has 0 fully saturated rings. The summed E-state index contributed by atoms with van der Waals surface area (Å²) < 4.78 is 5.61. The van der Waals surface area contributed by atoms with Crippen molar-refractivity contribution in [3.05, 3.63) is 82.5 Å². The third-order valence-electron chi connectivity index (χ3n) is 5.76. The first-order valence-corrected chi connectivity index (χ1v) is 12.0. The summed E-state index contributed by atoms with van der Waals surface area (Å²) in [5.74, 6) is 1.66. The molecule has 4 aromatic rings. The zero-order valence-corrected chi connectivity index (χ0v) is 19.0. The fraction of sp³-hybridized carbons (Fsp3) is 0.269. The number of benzene rings is 2. The Kier molecular flexibility index (Phi) is 6.12. The summed E-state index contributed by atoms with van der Waals surface area (Å²) in [4.78, 5) is 11.6. The highest BCUT2D eigenvalue weighted by molar-refractivity contribution is 7.19. The highest BCUT2D eigenvalue weighted by Crippen LogP contribution is 2.38. The summed E-state index contributed by atoms with van der Waals surface area (Å²) in [7, 11) is 0. The van der Waals surface area contributed by atoms with Crippen molar-refractivity contribution >= 4 is 33.1 Å². The Morgan fingerprint density at radius 2 is 1.84 bits per heavy atom. The summed E-state index contributed by atoms with van der Waals surface area (Å²) >= 11 is 1.80. The van der Waals surface area contributed by atoms with Gasteiger partial charge in [-0.1, -0.05) is 30.3 Å². The summed E-state index contributed by atoms with van der Waals surface area (Å²) in [6.45, 7) is 2.65. The number of rotatable bonds is 7. The first kappa shape index (κ1) is 20.6. The number of fused-ring (bicyclic) bond motifs is 3. The lowest BCUT2D eigenvalue weighted by atomic mass is 9.97. The third kappa shape index (κ3) is 4.36. The fourth-order valence-electron chi connectivity index (χ4n) is 4.20. The first-order chi connectivity index (χ1) is 15.8. The van der Waals surface area contributed by atoms with Gasteiger partial charge in [-0.25, -0.2) is 9.97 Å². The maximum atomic E-state index is 5.61. The topological polar surface area (TPSA) is 59.4 Å². The van der Waals surface area contributed by atoms with E-state index in [4.69, 9.17) is 9.84 Å². The Bertz CT molecular complexity index is 1230. The minimum absolute atomic E-state index is 0.653. The summed E-state index contributed by atoms with van der Waals surface area (Å²) in [5.41, 5.74) is 7.92. The largest absolute Gasteiger partial charge is 0.494 e. The van der Waals surface area contributed by atoms with E-state index in [0.29, 0.717) is 6.61 Å². The predicted octanol–water partition coefficient (Wildman–Crippen LogP) is 6.03. The van der Waals surface area contributed by atoms with Crippen LogP contribution in [0, 0.1) is 0 Å². The lowest BCUT2D eigenvalue weighted by molar-refractivity contribution is 0.340. The normalized spacial score (nSPS) is 13.7. The van der Waals surface area contributed by atoms with E-state index in [1.807, 2.05) is 25.1 Å². The van der Waals surface area contributed by atoms with Gasteiger partial charge in [-0.2, -0.15) is 5.10 Å². The van der Waals surface area contributed by atoms with E-state index in [1.54, 1.807) is 17.7 Å². The highest BCUT2D eigenvalue weighted by atomic mass is 32.1. The number of nitrogens with zero attached hydrogens (tertiary/aromatic N) is 3. The van der Waals surface area contributed by atoms with Crippen LogP contribution in [0.5, 0.6) is 5.75 Å². The molecule has 0 unspecified atom stereocenters. The van der Waals surface area contributed by atoms with Crippen LogP contribution in [0.4, 0.5) is 5.82 Å². The van der Waals surface area contributed by atoms with Gasteiger partial charge in [-0.05, 0) is 73.6 Å². The fourth-order valence-corrected chi connectivity index (χ4v) is 5.43. The van der Waals surface area contributed by atoms with E-state index in [1.165, 1.54) is 28.8 Å². The van der Waals surface area contributed by atoms with Gasteiger partial charge in [0.15, 0.2) is 5.82 Å². The van der Waals surface area contributed by atoms with Crippen LogP contribution in [0.2, 0.25) is 0 Å². The van der Waals surface area contributed by atoms with Crippen LogP contribution >= 0.6 is 11.3 Å². The molecule has 0 aliphatic heterocycles. The van der Waals surface area contributed by atoms with E-state index in [9.17, 15) is 0 Å². The minimum Gasteiger partial charge on any atom is -0.494 e. The van der Waals surface area contributed by atoms with Crippen LogP contribution < -0.4 is 10.2 Å². The molecular formula is C26H26N4OS. The molecule has 0 saturated heterocycles. The quantitative estimate of drug-likeness (QED) is 0.280. The Morgan fingerprint density at radius 1 is 1.03 bits per heavy atom. The molecule has 2 aromatic heterocycles. The molecule has 1 N–H and O–H groups in total. The molecule has 0 atom stereocenters. The molecule has 1 aliphatic rings. The number of aromatic nitrogens is 2. The van der Waals surface area contributed by atoms with Gasteiger partial charge in [0.05, 0.1) is 17.7 Å². The number of anilines is 1. The number of nitrogens with one attached hydrogen (secondary N) is 1. The summed E-state index contributed by atoms with van der Waals surface area (Å²) in [6, 6.07) is 18.5. The zero-order chi connectivity index (χ0) is 21.8. The monoisotopic (exact) mass is 442 g/mol. The molecule has 5 nitrogen and oxygen atoms in total. The van der Waals surface area contributed by atoms with Crippen molar-refractivity contribution in [2.45, 2.75) is 39.0 Å². The predicted molar refractivity (Wildman–Crippen MR) is 132 cm³/mol. The van der Waals surface area contributed by atoms with Crippen molar-refractivity contribution in [2.75, 3.05) is 12.0 Å². The van der Waals surface area contributed by atoms with Gasteiger partial charge in [0.1, 0.15) is 16.9 Å². The molecule has 0 radical (unpaired) electrons. The molecule has 0 saturated carbocycles. The van der Waals surface area contributed by atoms with Crippen molar-refractivity contribution in [1.82, 2.24) is 9.97 Å². The van der Waals surface area contributed by atoms with Crippen LogP contribution in [0.25, 0.3) is 10.2 Å². The maximum absolute atomic E-state index is 5.61. The molecule has 2 aromatic carbocycles. The second kappa shape index (κ2) is 9.49. The van der Waals surface area contributed by atoms with E-state index in [0.717, 1.165) is 52.3 Å². The van der Waals surface area contributed by atoms with Crippen molar-refractivity contribution in [2.24, 2.45) is 5.10 Å². The molecule has 6 heteroatoms. The van der Waals surface area contributed by atoms with Gasteiger partial charge in [0, 0.05) is 11.3 Å². The van der Waals surface area contributed by atoms with E-state index >= 15 is 0 Å². The zero-order valence-electron chi connectivity index (χ0n) is 18.2. The lowest BCUT2D eigenvalue weighted by Gasteiger charge is -2.12. The van der Waals surface area contributed by atoms with Crippen LogP contribution in [-0.2, 0) is 19.3 Å².